The minimum absolute atomic E-state index is 0.0406. The van der Waals surface area contributed by atoms with Crippen molar-refractivity contribution < 1.29 is 19.1 Å². The number of hydrogen-bond acceptors (Lipinski definition) is 6. The number of hydrogen-bond donors (Lipinski definition) is 0. The maximum atomic E-state index is 13.3. The molecule has 3 aliphatic rings. The summed E-state index contributed by atoms with van der Waals surface area (Å²) in [7, 11) is 0. The number of carbonyl (C=O) groups is 2. The van der Waals surface area contributed by atoms with Crippen LogP contribution in [0.5, 0.6) is 5.75 Å². The molecule has 0 unspecified atom stereocenters. The molecule has 0 radical (unpaired) electrons. The van der Waals surface area contributed by atoms with Gasteiger partial charge in [-0.2, -0.15) is 5.26 Å². The standard InChI is InChI=1S/C29H31N3O4/c1-20-3-2-4-26(27(33)15-20)32-18-25-24(29(32)34)10-9-23(16-30)28(25)36-19-22-7-5-21(6-8-22)17-31-11-13-35-14-12-31/h5-10,26H,1-4,11-15,17-19H2/t26-/m0/s1. The summed E-state index contributed by atoms with van der Waals surface area (Å²) in [6.45, 7) is 8.88. The van der Waals surface area contributed by atoms with Crippen LogP contribution in [0, 0.1) is 11.3 Å². The Morgan fingerprint density at radius 3 is 2.58 bits per heavy atom. The van der Waals surface area contributed by atoms with Gasteiger partial charge in [-0.25, -0.2) is 0 Å². The minimum Gasteiger partial charge on any atom is -0.487 e. The Labute approximate surface area is 211 Å². The lowest BCUT2D eigenvalue weighted by Crippen LogP contribution is -2.40. The number of rotatable bonds is 6. The van der Waals surface area contributed by atoms with Gasteiger partial charge in [-0.05, 0) is 42.5 Å². The van der Waals surface area contributed by atoms with Gasteiger partial charge in [0, 0.05) is 37.2 Å². The number of allylic oxidation sites excluding steroid dienone is 1. The van der Waals surface area contributed by atoms with E-state index in [0.29, 0.717) is 41.9 Å². The highest BCUT2D eigenvalue weighted by Gasteiger charge is 2.39. The van der Waals surface area contributed by atoms with Crippen LogP contribution in [0.2, 0.25) is 0 Å². The van der Waals surface area contributed by atoms with Crippen molar-refractivity contribution >= 4 is 11.7 Å². The number of carbonyl (C=O) groups excluding carboxylic acids is 2. The highest BCUT2D eigenvalue weighted by molar-refractivity contribution is 6.02. The highest BCUT2D eigenvalue weighted by Crippen LogP contribution is 2.37. The number of nitriles is 1. The fourth-order valence-corrected chi connectivity index (χ4v) is 5.29. The first-order valence-corrected chi connectivity index (χ1v) is 12.6. The topological polar surface area (TPSA) is 82.9 Å². The Balaban J connectivity index is 1.30. The van der Waals surface area contributed by atoms with Gasteiger partial charge in [-0.3, -0.25) is 14.5 Å². The summed E-state index contributed by atoms with van der Waals surface area (Å²) < 4.78 is 11.6. The molecule has 0 spiro atoms. The maximum absolute atomic E-state index is 13.3. The smallest absolute Gasteiger partial charge is 0.255 e. The van der Waals surface area contributed by atoms with Crippen molar-refractivity contribution in [2.45, 2.75) is 51.4 Å². The third-order valence-corrected chi connectivity index (χ3v) is 7.30. The van der Waals surface area contributed by atoms with Crippen molar-refractivity contribution in [2.75, 3.05) is 26.3 Å². The molecule has 2 aromatic rings. The van der Waals surface area contributed by atoms with E-state index < -0.39 is 6.04 Å². The van der Waals surface area contributed by atoms with E-state index in [2.05, 4.69) is 29.7 Å². The summed E-state index contributed by atoms with van der Waals surface area (Å²) in [6.07, 6.45) is 2.61. The third-order valence-electron chi connectivity index (χ3n) is 7.30. The average molecular weight is 486 g/mol. The number of ketones is 1. The van der Waals surface area contributed by atoms with Crippen molar-refractivity contribution in [3.05, 3.63) is 76.4 Å². The largest absolute Gasteiger partial charge is 0.487 e. The van der Waals surface area contributed by atoms with E-state index in [-0.39, 0.29) is 18.2 Å². The van der Waals surface area contributed by atoms with Crippen LogP contribution in [0.3, 0.4) is 0 Å². The third kappa shape index (κ3) is 5.06. The van der Waals surface area contributed by atoms with Gasteiger partial charge >= 0.3 is 0 Å². The number of nitrogens with zero attached hydrogens (tertiary/aromatic N) is 3. The average Bonchev–Trinajstić information content (AvgIpc) is 3.12. The molecule has 186 valence electrons. The number of Topliss-reactive ketones (excluding diaryl/α,β-unsaturated/α-hetero) is 1. The first kappa shape index (κ1) is 24.2. The van der Waals surface area contributed by atoms with Crippen LogP contribution in [-0.4, -0.2) is 53.8 Å². The molecule has 2 fully saturated rings. The lowest BCUT2D eigenvalue weighted by Gasteiger charge is -2.26. The van der Waals surface area contributed by atoms with Gasteiger partial charge in [0.1, 0.15) is 18.4 Å². The molecule has 2 aliphatic heterocycles. The molecule has 0 N–H and O–H groups in total. The number of morpholine rings is 1. The Kier molecular flexibility index (Phi) is 7.17. The highest BCUT2D eigenvalue weighted by atomic mass is 16.5. The molecule has 2 aromatic carbocycles. The van der Waals surface area contributed by atoms with Gasteiger partial charge in [0.15, 0.2) is 5.78 Å². The Bertz CT molecular complexity index is 1210. The number of ether oxygens (including phenoxy) is 2. The van der Waals surface area contributed by atoms with Gasteiger partial charge in [-0.1, -0.05) is 36.4 Å². The second kappa shape index (κ2) is 10.7. The number of fused-ring (bicyclic) bond motifs is 1. The fraction of sp³-hybridized carbons (Fsp3) is 0.414. The second-order valence-corrected chi connectivity index (χ2v) is 9.81. The quantitative estimate of drug-likeness (QED) is 0.455. The summed E-state index contributed by atoms with van der Waals surface area (Å²) in [4.78, 5) is 30.1. The molecule has 1 saturated heterocycles. The zero-order chi connectivity index (χ0) is 25.1. The maximum Gasteiger partial charge on any atom is 0.255 e. The fourth-order valence-electron chi connectivity index (χ4n) is 5.29. The SMILES string of the molecule is C=C1CCC[C@H](N2Cc3c(ccc(C#N)c3OCc3ccc(CN4CCOCC4)cc3)C2=O)C(=O)C1. The molecule has 7 nitrogen and oxygen atoms in total. The van der Waals surface area contributed by atoms with Crippen molar-refractivity contribution in [3.63, 3.8) is 0 Å². The molecule has 0 bridgehead atoms. The minimum atomic E-state index is -0.457. The van der Waals surface area contributed by atoms with Gasteiger partial charge < -0.3 is 14.4 Å². The summed E-state index contributed by atoms with van der Waals surface area (Å²) in [5.74, 6) is 0.310. The molecule has 1 amide bonds. The van der Waals surface area contributed by atoms with Crippen molar-refractivity contribution in [3.8, 4) is 11.8 Å². The van der Waals surface area contributed by atoms with E-state index in [0.717, 1.165) is 56.8 Å². The van der Waals surface area contributed by atoms with E-state index in [9.17, 15) is 14.9 Å². The van der Waals surface area contributed by atoms with Crippen LogP contribution in [0.1, 0.15) is 58.3 Å². The lowest BCUT2D eigenvalue weighted by molar-refractivity contribution is -0.122. The predicted molar refractivity (Wildman–Crippen MR) is 134 cm³/mol. The Morgan fingerprint density at radius 2 is 1.83 bits per heavy atom. The van der Waals surface area contributed by atoms with E-state index in [4.69, 9.17) is 9.47 Å². The zero-order valence-corrected chi connectivity index (χ0v) is 20.5. The van der Waals surface area contributed by atoms with Crippen LogP contribution in [0.4, 0.5) is 0 Å². The molecule has 7 heteroatoms. The van der Waals surface area contributed by atoms with E-state index >= 15 is 0 Å². The van der Waals surface area contributed by atoms with Crippen LogP contribution in [-0.2, 0) is 29.2 Å². The van der Waals surface area contributed by atoms with Gasteiger partial charge in [0.05, 0.1) is 31.4 Å². The zero-order valence-electron chi connectivity index (χ0n) is 20.5. The van der Waals surface area contributed by atoms with E-state index in [1.165, 1.54) is 5.56 Å². The van der Waals surface area contributed by atoms with Gasteiger partial charge in [0.25, 0.3) is 5.91 Å². The Hall–Kier alpha value is -3.47. The van der Waals surface area contributed by atoms with Gasteiger partial charge in [0.2, 0.25) is 0 Å². The molecule has 1 atom stereocenters. The van der Waals surface area contributed by atoms with Crippen LogP contribution >= 0.6 is 0 Å². The van der Waals surface area contributed by atoms with Gasteiger partial charge in [-0.15, -0.1) is 0 Å². The molecular formula is C29H31N3O4. The van der Waals surface area contributed by atoms with Crippen LogP contribution in [0.15, 0.2) is 48.6 Å². The van der Waals surface area contributed by atoms with Crippen LogP contribution in [0.25, 0.3) is 0 Å². The molecule has 2 heterocycles. The second-order valence-electron chi connectivity index (χ2n) is 9.81. The van der Waals surface area contributed by atoms with E-state index in [1.807, 2.05) is 12.1 Å². The number of benzene rings is 2. The Morgan fingerprint density at radius 1 is 1.08 bits per heavy atom. The summed E-state index contributed by atoms with van der Waals surface area (Å²) in [5, 5.41) is 9.72. The van der Waals surface area contributed by atoms with Crippen molar-refractivity contribution in [1.82, 2.24) is 9.80 Å². The lowest BCUT2D eigenvalue weighted by atomic mass is 10.0. The molecule has 36 heavy (non-hydrogen) atoms. The molecule has 1 aliphatic carbocycles. The predicted octanol–water partition coefficient (Wildman–Crippen LogP) is 3.99. The molecule has 5 rings (SSSR count). The normalized spacial score (nSPS) is 20.7. The molecule has 0 aromatic heterocycles. The first-order chi connectivity index (χ1) is 17.5. The summed E-state index contributed by atoms with van der Waals surface area (Å²) >= 11 is 0. The molecule has 1 saturated carbocycles. The molecular weight excluding hydrogens is 454 g/mol. The van der Waals surface area contributed by atoms with Crippen LogP contribution < -0.4 is 4.74 Å². The van der Waals surface area contributed by atoms with Crippen molar-refractivity contribution in [2.24, 2.45) is 0 Å². The number of amides is 1. The summed E-state index contributed by atoms with van der Waals surface area (Å²) in [6, 6.07) is 13.4. The van der Waals surface area contributed by atoms with E-state index in [1.54, 1.807) is 17.0 Å². The first-order valence-electron chi connectivity index (χ1n) is 12.6. The van der Waals surface area contributed by atoms with Crippen molar-refractivity contribution in [1.29, 1.82) is 5.26 Å². The summed E-state index contributed by atoms with van der Waals surface area (Å²) in [5.41, 5.74) is 4.75. The monoisotopic (exact) mass is 485 g/mol.